The molecule has 154 valence electrons. The van der Waals surface area contributed by atoms with Crippen LogP contribution in [0.25, 0.3) is 10.2 Å². The number of carbonyl (C=O) groups excluding carboxylic acids is 3. The summed E-state index contributed by atoms with van der Waals surface area (Å²) in [6.07, 6.45) is 0.385. The van der Waals surface area contributed by atoms with Crippen LogP contribution in [0.3, 0.4) is 0 Å². The normalized spacial score (nSPS) is 14.9. The Labute approximate surface area is 184 Å². The molecule has 1 fully saturated rings. The Kier molecular flexibility index (Phi) is 5.94. The Morgan fingerprint density at radius 3 is 2.67 bits per heavy atom. The lowest BCUT2D eigenvalue weighted by atomic mass is 10.2. The minimum Gasteiger partial charge on any atom is -0.383 e. The molecule has 2 aromatic carbocycles. The van der Waals surface area contributed by atoms with Crippen molar-refractivity contribution < 1.29 is 19.1 Å². The van der Waals surface area contributed by atoms with Gasteiger partial charge in [-0.3, -0.25) is 19.3 Å². The summed E-state index contributed by atoms with van der Waals surface area (Å²) in [5, 5.41) is 0. The molecule has 0 spiro atoms. The number of fused-ring (bicyclic) bond motifs is 1. The maximum Gasteiger partial charge on any atom is 0.279 e. The maximum absolute atomic E-state index is 12.9. The number of ether oxygens (including phenoxy) is 1. The van der Waals surface area contributed by atoms with Crippen LogP contribution in [-0.2, 0) is 20.9 Å². The lowest BCUT2D eigenvalue weighted by molar-refractivity contribution is -0.121. The van der Waals surface area contributed by atoms with Crippen molar-refractivity contribution in [3.63, 3.8) is 0 Å². The van der Waals surface area contributed by atoms with Gasteiger partial charge in [0, 0.05) is 36.5 Å². The molecule has 0 atom stereocenters. The molecule has 30 heavy (non-hydrogen) atoms. The van der Waals surface area contributed by atoms with Crippen molar-refractivity contribution in [1.29, 1.82) is 0 Å². The summed E-state index contributed by atoms with van der Waals surface area (Å²) in [4.78, 5) is 43.0. The molecule has 0 aliphatic carbocycles. The van der Waals surface area contributed by atoms with E-state index < -0.39 is 5.91 Å². The molecular weight excluding hydrogens is 470 g/mol. The molecule has 0 unspecified atom stereocenters. The van der Waals surface area contributed by atoms with E-state index in [-0.39, 0.29) is 24.7 Å². The van der Waals surface area contributed by atoms with Gasteiger partial charge in [-0.05, 0) is 36.4 Å². The molecule has 0 saturated carbocycles. The van der Waals surface area contributed by atoms with E-state index in [1.54, 1.807) is 25.3 Å². The van der Waals surface area contributed by atoms with Gasteiger partial charge in [0.15, 0.2) is 4.80 Å². The maximum atomic E-state index is 12.9. The molecule has 4 rings (SSSR count). The van der Waals surface area contributed by atoms with Crippen molar-refractivity contribution in [2.24, 2.45) is 4.99 Å². The number of methoxy groups -OCH3 is 1. The van der Waals surface area contributed by atoms with E-state index in [9.17, 15) is 14.4 Å². The van der Waals surface area contributed by atoms with Gasteiger partial charge in [-0.2, -0.15) is 4.99 Å². The SMILES string of the molecule is COCCn1c(=NC(=O)c2cccc(N3C(=O)CCC3=O)c2)sc2cc(Br)ccc21. The highest BCUT2D eigenvalue weighted by Gasteiger charge is 2.30. The number of anilines is 1. The number of thiazole rings is 1. The largest absolute Gasteiger partial charge is 0.383 e. The number of rotatable bonds is 5. The van der Waals surface area contributed by atoms with Crippen LogP contribution in [0.4, 0.5) is 5.69 Å². The van der Waals surface area contributed by atoms with E-state index in [1.807, 2.05) is 22.8 Å². The molecule has 7 nitrogen and oxygen atoms in total. The number of imide groups is 1. The lowest BCUT2D eigenvalue weighted by Crippen LogP contribution is -2.28. The first kappa shape index (κ1) is 20.6. The first-order chi connectivity index (χ1) is 14.5. The topological polar surface area (TPSA) is 81.0 Å². The number of aromatic nitrogens is 1. The van der Waals surface area contributed by atoms with E-state index in [2.05, 4.69) is 20.9 Å². The zero-order valence-electron chi connectivity index (χ0n) is 16.1. The molecule has 1 aliphatic rings. The first-order valence-electron chi connectivity index (χ1n) is 9.30. The Hall–Kier alpha value is -2.62. The van der Waals surface area contributed by atoms with Crippen LogP contribution in [0.5, 0.6) is 0 Å². The number of hydrogen-bond donors (Lipinski definition) is 0. The summed E-state index contributed by atoms with van der Waals surface area (Å²) < 4.78 is 9.09. The molecule has 9 heteroatoms. The van der Waals surface area contributed by atoms with Gasteiger partial charge in [0.25, 0.3) is 5.91 Å². The molecule has 1 saturated heterocycles. The van der Waals surface area contributed by atoms with Crippen LogP contribution in [0, 0.1) is 0 Å². The Bertz CT molecular complexity index is 1210. The molecule has 0 radical (unpaired) electrons. The minimum atomic E-state index is -0.437. The van der Waals surface area contributed by atoms with Crippen molar-refractivity contribution in [1.82, 2.24) is 4.57 Å². The van der Waals surface area contributed by atoms with Crippen LogP contribution in [0.1, 0.15) is 23.2 Å². The van der Waals surface area contributed by atoms with Gasteiger partial charge < -0.3 is 9.30 Å². The van der Waals surface area contributed by atoms with E-state index in [1.165, 1.54) is 17.4 Å². The zero-order chi connectivity index (χ0) is 21.3. The monoisotopic (exact) mass is 487 g/mol. The first-order valence-corrected chi connectivity index (χ1v) is 10.9. The van der Waals surface area contributed by atoms with Crippen LogP contribution in [-0.4, -0.2) is 36.0 Å². The molecule has 3 amide bonds. The highest BCUT2D eigenvalue weighted by atomic mass is 79.9. The van der Waals surface area contributed by atoms with Crippen LogP contribution < -0.4 is 9.70 Å². The summed E-state index contributed by atoms with van der Waals surface area (Å²) in [6, 6.07) is 12.4. The van der Waals surface area contributed by atoms with Crippen molar-refractivity contribution in [3.05, 3.63) is 57.3 Å². The summed E-state index contributed by atoms with van der Waals surface area (Å²) in [6.45, 7) is 1.04. The van der Waals surface area contributed by atoms with Crippen LogP contribution in [0.2, 0.25) is 0 Å². The average Bonchev–Trinajstić information content (AvgIpc) is 3.24. The Morgan fingerprint density at radius 2 is 1.93 bits per heavy atom. The second-order valence-corrected chi connectivity index (χ2v) is 8.66. The molecule has 1 aromatic heterocycles. The van der Waals surface area contributed by atoms with Gasteiger partial charge >= 0.3 is 0 Å². The van der Waals surface area contributed by atoms with E-state index >= 15 is 0 Å². The standard InChI is InChI=1S/C21H18BrN3O4S/c1-29-10-9-24-16-6-5-14(22)12-17(16)30-21(24)23-20(28)13-3-2-4-15(11-13)25-18(26)7-8-19(25)27/h2-6,11-12H,7-10H2,1H3. The number of carbonyl (C=O) groups is 3. The van der Waals surface area contributed by atoms with Crippen molar-refractivity contribution in [2.75, 3.05) is 18.6 Å². The summed E-state index contributed by atoms with van der Waals surface area (Å²) >= 11 is 4.88. The van der Waals surface area contributed by atoms with Gasteiger partial charge in [-0.1, -0.05) is 33.3 Å². The number of amides is 3. The minimum absolute atomic E-state index is 0.193. The highest BCUT2D eigenvalue weighted by molar-refractivity contribution is 9.10. The van der Waals surface area contributed by atoms with Gasteiger partial charge in [0.2, 0.25) is 11.8 Å². The third kappa shape index (κ3) is 4.00. The second-order valence-electron chi connectivity index (χ2n) is 6.73. The van der Waals surface area contributed by atoms with E-state index in [4.69, 9.17) is 4.74 Å². The molecule has 0 bridgehead atoms. The van der Waals surface area contributed by atoms with Gasteiger partial charge in [-0.25, -0.2) is 0 Å². The fraction of sp³-hybridized carbons (Fsp3) is 0.238. The fourth-order valence-electron chi connectivity index (χ4n) is 3.33. The smallest absolute Gasteiger partial charge is 0.279 e. The average molecular weight is 488 g/mol. The number of halogens is 1. The third-order valence-electron chi connectivity index (χ3n) is 4.76. The quantitative estimate of drug-likeness (QED) is 0.515. The van der Waals surface area contributed by atoms with Gasteiger partial charge in [-0.15, -0.1) is 0 Å². The van der Waals surface area contributed by atoms with Crippen molar-refractivity contribution >= 4 is 60.9 Å². The fourth-order valence-corrected chi connectivity index (χ4v) is 4.93. The molecule has 3 aromatic rings. The van der Waals surface area contributed by atoms with Crippen molar-refractivity contribution in [2.45, 2.75) is 19.4 Å². The van der Waals surface area contributed by atoms with Gasteiger partial charge in [0.05, 0.1) is 22.5 Å². The Balaban J connectivity index is 1.74. The molecule has 1 aliphatic heterocycles. The summed E-state index contributed by atoms with van der Waals surface area (Å²) in [5.41, 5.74) is 1.68. The van der Waals surface area contributed by atoms with Crippen LogP contribution in [0.15, 0.2) is 51.9 Å². The number of benzene rings is 2. The van der Waals surface area contributed by atoms with E-state index in [0.717, 1.165) is 19.6 Å². The third-order valence-corrected chi connectivity index (χ3v) is 6.30. The lowest BCUT2D eigenvalue weighted by Gasteiger charge is -2.14. The molecular formula is C21H18BrN3O4S. The Morgan fingerprint density at radius 1 is 1.17 bits per heavy atom. The predicted octanol–water partition coefficient (Wildman–Crippen LogP) is 3.51. The summed E-state index contributed by atoms with van der Waals surface area (Å²) in [7, 11) is 1.63. The van der Waals surface area contributed by atoms with Crippen LogP contribution >= 0.6 is 27.3 Å². The molecule has 0 N–H and O–H groups in total. The molecule has 2 heterocycles. The van der Waals surface area contributed by atoms with Gasteiger partial charge in [0.1, 0.15) is 0 Å². The summed E-state index contributed by atoms with van der Waals surface area (Å²) in [5.74, 6) is -0.948. The van der Waals surface area contributed by atoms with E-state index in [0.29, 0.717) is 29.2 Å². The zero-order valence-corrected chi connectivity index (χ0v) is 18.5. The number of hydrogen-bond acceptors (Lipinski definition) is 5. The predicted molar refractivity (Wildman–Crippen MR) is 117 cm³/mol. The second kappa shape index (κ2) is 8.63. The number of nitrogens with zero attached hydrogens (tertiary/aromatic N) is 3. The van der Waals surface area contributed by atoms with Crippen molar-refractivity contribution in [3.8, 4) is 0 Å². The highest BCUT2D eigenvalue weighted by Crippen LogP contribution is 2.24.